The minimum absolute atomic E-state index is 0.0854. The summed E-state index contributed by atoms with van der Waals surface area (Å²) in [4.78, 5) is 25.3. The zero-order valence-electron chi connectivity index (χ0n) is 10.7. The minimum Gasteiger partial charge on any atom is -0.389 e. The standard InChI is InChI=1S/C14H16FNO3/c1-9(5-13(18)16-7-12(17)8-16)14(19)10-3-2-4-11(15)6-10/h2-4,6,9,12,17H,5,7-8H2,1H3. The van der Waals surface area contributed by atoms with E-state index in [1.165, 1.54) is 23.1 Å². The van der Waals surface area contributed by atoms with Crippen molar-refractivity contribution in [2.75, 3.05) is 13.1 Å². The number of likely N-dealkylation sites (tertiary alicyclic amines) is 1. The van der Waals surface area contributed by atoms with Gasteiger partial charge in [0.2, 0.25) is 5.91 Å². The lowest BCUT2D eigenvalue weighted by Crippen LogP contribution is -2.53. The summed E-state index contributed by atoms with van der Waals surface area (Å²) in [6.45, 7) is 2.32. The Labute approximate surface area is 110 Å². The van der Waals surface area contributed by atoms with Crippen molar-refractivity contribution in [3.05, 3.63) is 35.6 Å². The van der Waals surface area contributed by atoms with Gasteiger partial charge in [0.1, 0.15) is 5.82 Å². The van der Waals surface area contributed by atoms with Crippen molar-refractivity contribution in [1.29, 1.82) is 0 Å². The Morgan fingerprint density at radius 3 is 2.74 bits per heavy atom. The third-order valence-electron chi connectivity index (χ3n) is 3.25. The van der Waals surface area contributed by atoms with Crippen LogP contribution in [0.15, 0.2) is 24.3 Å². The Bertz CT molecular complexity index is 497. The number of halogens is 1. The van der Waals surface area contributed by atoms with E-state index in [-0.39, 0.29) is 23.7 Å². The van der Waals surface area contributed by atoms with Gasteiger partial charge in [0.25, 0.3) is 0 Å². The Balaban J connectivity index is 1.94. The lowest BCUT2D eigenvalue weighted by atomic mass is 9.95. The summed E-state index contributed by atoms with van der Waals surface area (Å²) in [6.07, 6.45) is -0.361. The number of Topliss-reactive ketones (excluding diaryl/α,β-unsaturated/α-hetero) is 1. The lowest BCUT2D eigenvalue weighted by molar-refractivity contribution is -0.141. The number of carbonyl (C=O) groups excluding carboxylic acids is 2. The van der Waals surface area contributed by atoms with Crippen LogP contribution < -0.4 is 0 Å². The molecule has 0 aromatic heterocycles. The summed E-state index contributed by atoms with van der Waals surface area (Å²) < 4.78 is 13.0. The van der Waals surface area contributed by atoms with E-state index < -0.39 is 17.8 Å². The smallest absolute Gasteiger partial charge is 0.223 e. The second kappa shape index (κ2) is 5.48. The number of carbonyl (C=O) groups is 2. The molecule has 0 saturated carbocycles. The molecule has 1 aliphatic heterocycles. The number of nitrogens with zero attached hydrogens (tertiary/aromatic N) is 1. The summed E-state index contributed by atoms with van der Waals surface area (Å²) in [5, 5.41) is 9.12. The van der Waals surface area contributed by atoms with Gasteiger partial charge in [0, 0.05) is 31.0 Å². The van der Waals surface area contributed by atoms with Gasteiger partial charge in [-0.15, -0.1) is 0 Å². The summed E-state index contributed by atoms with van der Waals surface area (Å²) in [7, 11) is 0. The van der Waals surface area contributed by atoms with E-state index in [4.69, 9.17) is 5.11 Å². The molecule has 1 heterocycles. The second-order valence-electron chi connectivity index (χ2n) is 4.93. The fourth-order valence-corrected chi connectivity index (χ4v) is 2.07. The quantitative estimate of drug-likeness (QED) is 0.833. The van der Waals surface area contributed by atoms with Crippen LogP contribution in [0, 0.1) is 11.7 Å². The largest absolute Gasteiger partial charge is 0.389 e. The monoisotopic (exact) mass is 265 g/mol. The maximum atomic E-state index is 13.0. The topological polar surface area (TPSA) is 57.6 Å². The van der Waals surface area contributed by atoms with Crippen LogP contribution in [0.3, 0.4) is 0 Å². The molecule has 1 saturated heterocycles. The van der Waals surface area contributed by atoms with Gasteiger partial charge >= 0.3 is 0 Å². The molecule has 19 heavy (non-hydrogen) atoms. The van der Waals surface area contributed by atoms with Crippen LogP contribution in [-0.2, 0) is 4.79 Å². The molecule has 4 nitrogen and oxygen atoms in total. The highest BCUT2D eigenvalue weighted by molar-refractivity contribution is 5.99. The Morgan fingerprint density at radius 1 is 1.47 bits per heavy atom. The van der Waals surface area contributed by atoms with Crippen LogP contribution in [0.5, 0.6) is 0 Å². The molecule has 102 valence electrons. The van der Waals surface area contributed by atoms with E-state index in [1.807, 2.05) is 0 Å². The van der Waals surface area contributed by atoms with Crippen LogP contribution in [0.4, 0.5) is 4.39 Å². The average molecular weight is 265 g/mol. The zero-order valence-corrected chi connectivity index (χ0v) is 10.7. The molecule has 1 amide bonds. The molecule has 0 bridgehead atoms. The average Bonchev–Trinajstić information content (AvgIpc) is 2.33. The van der Waals surface area contributed by atoms with E-state index in [0.29, 0.717) is 13.1 Å². The van der Waals surface area contributed by atoms with E-state index in [9.17, 15) is 14.0 Å². The molecule has 0 spiro atoms. The molecule has 1 N–H and O–H groups in total. The number of β-amino-alcohol motifs (C(OH)–C–C–N with tert-alkyl or cyclic N) is 1. The molecule has 1 fully saturated rings. The molecule has 1 aromatic carbocycles. The van der Waals surface area contributed by atoms with Crippen molar-refractivity contribution in [2.45, 2.75) is 19.4 Å². The highest BCUT2D eigenvalue weighted by Gasteiger charge is 2.30. The van der Waals surface area contributed by atoms with E-state index >= 15 is 0 Å². The van der Waals surface area contributed by atoms with Crippen molar-refractivity contribution in [3.63, 3.8) is 0 Å². The molecule has 0 aliphatic carbocycles. The lowest BCUT2D eigenvalue weighted by Gasteiger charge is -2.36. The third kappa shape index (κ3) is 3.17. The van der Waals surface area contributed by atoms with Crippen molar-refractivity contribution in [2.24, 2.45) is 5.92 Å². The van der Waals surface area contributed by atoms with E-state index in [2.05, 4.69) is 0 Å². The Kier molecular flexibility index (Phi) is 3.95. The Hall–Kier alpha value is -1.75. The minimum atomic E-state index is -0.493. The Morgan fingerprint density at radius 2 is 2.16 bits per heavy atom. The third-order valence-corrected chi connectivity index (χ3v) is 3.25. The maximum absolute atomic E-state index is 13.0. The molecule has 0 radical (unpaired) electrons. The summed E-state index contributed by atoms with van der Waals surface area (Å²) in [6, 6.07) is 5.47. The fraction of sp³-hybridized carbons (Fsp3) is 0.429. The predicted octanol–water partition coefficient (Wildman–Crippen LogP) is 1.24. The van der Waals surface area contributed by atoms with Crippen LogP contribution in [0.25, 0.3) is 0 Å². The van der Waals surface area contributed by atoms with Gasteiger partial charge in [-0.25, -0.2) is 4.39 Å². The zero-order chi connectivity index (χ0) is 14.0. The SMILES string of the molecule is CC(CC(=O)N1CC(O)C1)C(=O)c1cccc(F)c1. The number of hydrogen-bond acceptors (Lipinski definition) is 3. The predicted molar refractivity (Wildman–Crippen MR) is 67.1 cm³/mol. The normalized spacial score (nSPS) is 16.9. The van der Waals surface area contributed by atoms with Crippen molar-refractivity contribution in [3.8, 4) is 0 Å². The molecule has 5 heteroatoms. The molecule has 2 rings (SSSR count). The van der Waals surface area contributed by atoms with Gasteiger partial charge in [0.15, 0.2) is 5.78 Å². The van der Waals surface area contributed by atoms with Gasteiger partial charge in [0.05, 0.1) is 6.10 Å². The first-order valence-electron chi connectivity index (χ1n) is 6.23. The van der Waals surface area contributed by atoms with Crippen molar-refractivity contribution >= 4 is 11.7 Å². The first kappa shape index (κ1) is 13.7. The molecular weight excluding hydrogens is 249 g/mol. The van der Waals surface area contributed by atoms with Gasteiger partial charge in [-0.3, -0.25) is 9.59 Å². The number of amides is 1. The van der Waals surface area contributed by atoms with Gasteiger partial charge in [-0.2, -0.15) is 0 Å². The van der Waals surface area contributed by atoms with E-state index in [0.717, 1.165) is 0 Å². The first-order chi connectivity index (χ1) is 8.97. The van der Waals surface area contributed by atoms with Gasteiger partial charge in [-0.1, -0.05) is 19.1 Å². The van der Waals surface area contributed by atoms with Crippen LogP contribution in [0.1, 0.15) is 23.7 Å². The fourth-order valence-electron chi connectivity index (χ4n) is 2.07. The van der Waals surface area contributed by atoms with Crippen molar-refractivity contribution < 1.29 is 19.1 Å². The molecule has 1 aromatic rings. The summed E-state index contributed by atoms with van der Waals surface area (Å²) in [5.74, 6) is -1.35. The number of aliphatic hydroxyl groups is 1. The summed E-state index contributed by atoms with van der Waals surface area (Å²) >= 11 is 0. The van der Waals surface area contributed by atoms with Crippen molar-refractivity contribution in [1.82, 2.24) is 4.90 Å². The number of benzene rings is 1. The van der Waals surface area contributed by atoms with E-state index in [1.54, 1.807) is 13.0 Å². The van der Waals surface area contributed by atoms with Crippen LogP contribution in [0.2, 0.25) is 0 Å². The van der Waals surface area contributed by atoms with Gasteiger partial charge in [-0.05, 0) is 12.1 Å². The number of hydrogen-bond donors (Lipinski definition) is 1. The molecule has 1 atom stereocenters. The van der Waals surface area contributed by atoms with Crippen LogP contribution in [-0.4, -0.2) is 40.9 Å². The number of ketones is 1. The molecule has 1 aliphatic rings. The first-order valence-corrected chi connectivity index (χ1v) is 6.23. The highest BCUT2D eigenvalue weighted by atomic mass is 19.1. The second-order valence-corrected chi connectivity index (χ2v) is 4.93. The number of aliphatic hydroxyl groups excluding tert-OH is 1. The van der Waals surface area contributed by atoms with Gasteiger partial charge < -0.3 is 10.0 Å². The maximum Gasteiger partial charge on any atom is 0.223 e. The highest BCUT2D eigenvalue weighted by Crippen LogP contribution is 2.17. The molecular formula is C14H16FNO3. The number of rotatable bonds is 4. The van der Waals surface area contributed by atoms with Crippen LogP contribution >= 0.6 is 0 Å². The molecule has 1 unspecified atom stereocenters. The summed E-state index contributed by atoms with van der Waals surface area (Å²) in [5.41, 5.74) is 0.281.